The fourth-order valence-corrected chi connectivity index (χ4v) is 2.57. The molecule has 0 radical (unpaired) electrons. The number of nitrogens with two attached hydrogens (primary N) is 1. The van der Waals surface area contributed by atoms with Crippen LogP contribution < -0.4 is 5.73 Å². The van der Waals surface area contributed by atoms with Gasteiger partial charge in [0.2, 0.25) is 0 Å². The largest absolute Gasteiger partial charge is 0.387 e. The predicted octanol–water partition coefficient (Wildman–Crippen LogP) is 1.98. The Morgan fingerprint density at radius 2 is 1.80 bits per heavy atom. The molecule has 1 aromatic rings. The van der Waals surface area contributed by atoms with Crippen LogP contribution in [0.3, 0.4) is 0 Å². The molecule has 0 aliphatic carbocycles. The lowest BCUT2D eigenvalue weighted by Gasteiger charge is -2.33. The van der Waals surface area contributed by atoms with E-state index in [4.69, 9.17) is 11.1 Å². The molecule has 2 unspecified atom stereocenters. The van der Waals surface area contributed by atoms with E-state index in [-0.39, 0.29) is 11.8 Å². The molecule has 0 heterocycles. The topological polar surface area (TPSA) is 56.4 Å². The highest BCUT2D eigenvalue weighted by molar-refractivity contribution is 5.84. The van der Waals surface area contributed by atoms with Crippen molar-refractivity contribution in [1.29, 1.82) is 5.41 Å². The normalized spacial score (nSPS) is 14.5. The van der Waals surface area contributed by atoms with Gasteiger partial charge in [0.15, 0.2) is 0 Å². The van der Waals surface area contributed by atoms with E-state index in [0.717, 1.165) is 25.2 Å². The van der Waals surface area contributed by atoms with E-state index in [9.17, 15) is 0 Å². The van der Waals surface area contributed by atoms with Gasteiger partial charge in [0.1, 0.15) is 0 Å². The van der Waals surface area contributed by atoms with Crippen molar-refractivity contribution in [2.45, 2.75) is 25.8 Å². The molecule has 1 rings (SSSR count). The smallest absolute Gasteiger partial charge is 0.0995 e. The van der Waals surface area contributed by atoms with Crippen molar-refractivity contribution in [1.82, 2.24) is 9.80 Å². The summed E-state index contributed by atoms with van der Waals surface area (Å²) >= 11 is 0. The van der Waals surface area contributed by atoms with Gasteiger partial charge in [-0.3, -0.25) is 10.3 Å². The summed E-state index contributed by atoms with van der Waals surface area (Å²) in [5.41, 5.74) is 6.94. The van der Waals surface area contributed by atoms with Gasteiger partial charge in [-0.05, 0) is 33.1 Å². The molecule has 0 saturated heterocycles. The molecule has 0 aliphatic heterocycles. The summed E-state index contributed by atoms with van der Waals surface area (Å²) < 4.78 is 0. The molecule has 4 nitrogen and oxygen atoms in total. The van der Waals surface area contributed by atoms with Gasteiger partial charge in [0.05, 0.1) is 11.8 Å². The molecule has 0 aliphatic rings. The fourth-order valence-electron chi connectivity index (χ4n) is 2.57. The van der Waals surface area contributed by atoms with E-state index >= 15 is 0 Å². The van der Waals surface area contributed by atoms with Crippen LogP contribution in [-0.2, 0) is 0 Å². The van der Waals surface area contributed by atoms with Gasteiger partial charge in [-0.15, -0.1) is 0 Å². The van der Waals surface area contributed by atoms with Crippen LogP contribution in [0.5, 0.6) is 0 Å². The Morgan fingerprint density at radius 3 is 2.25 bits per heavy atom. The SMILES string of the molecule is CCN(CC(C(=N)N)c1ccccc1)C(C)CN(C)C. The molecule has 0 bridgehead atoms. The average Bonchev–Trinajstić information content (AvgIpc) is 2.39. The molecule has 0 amide bonds. The summed E-state index contributed by atoms with van der Waals surface area (Å²) in [6.07, 6.45) is 0. The first-order valence-corrected chi connectivity index (χ1v) is 7.23. The fraction of sp³-hybridized carbons (Fsp3) is 0.562. The molecule has 1 aromatic carbocycles. The van der Waals surface area contributed by atoms with Crippen LogP contribution in [0, 0.1) is 5.41 Å². The minimum Gasteiger partial charge on any atom is -0.387 e. The Labute approximate surface area is 123 Å². The van der Waals surface area contributed by atoms with Gasteiger partial charge in [-0.25, -0.2) is 0 Å². The van der Waals surface area contributed by atoms with Crippen LogP contribution >= 0.6 is 0 Å². The highest BCUT2D eigenvalue weighted by atomic mass is 15.2. The second-order valence-electron chi connectivity index (χ2n) is 5.62. The molecule has 0 spiro atoms. The van der Waals surface area contributed by atoms with Crippen molar-refractivity contribution in [2.24, 2.45) is 5.73 Å². The molecular weight excluding hydrogens is 248 g/mol. The van der Waals surface area contributed by atoms with Gasteiger partial charge in [-0.1, -0.05) is 37.3 Å². The summed E-state index contributed by atoms with van der Waals surface area (Å²) in [5.74, 6) is 0.215. The third-order valence-electron chi connectivity index (χ3n) is 3.65. The number of benzene rings is 1. The first kappa shape index (κ1) is 16.7. The third kappa shape index (κ3) is 4.94. The van der Waals surface area contributed by atoms with Gasteiger partial charge in [-0.2, -0.15) is 0 Å². The summed E-state index contributed by atoms with van der Waals surface area (Å²) in [6.45, 7) is 7.16. The van der Waals surface area contributed by atoms with E-state index in [1.54, 1.807) is 0 Å². The van der Waals surface area contributed by atoms with Crippen molar-refractivity contribution in [2.75, 3.05) is 33.7 Å². The zero-order chi connectivity index (χ0) is 15.1. The van der Waals surface area contributed by atoms with E-state index in [1.165, 1.54) is 0 Å². The Kier molecular flexibility index (Phi) is 6.68. The van der Waals surface area contributed by atoms with Crippen molar-refractivity contribution in [3.8, 4) is 0 Å². The minimum absolute atomic E-state index is 0.0271. The van der Waals surface area contributed by atoms with E-state index < -0.39 is 0 Å². The molecule has 2 atom stereocenters. The van der Waals surface area contributed by atoms with Crippen molar-refractivity contribution in [3.63, 3.8) is 0 Å². The van der Waals surface area contributed by atoms with Crippen LogP contribution in [0.1, 0.15) is 25.3 Å². The number of nitrogens with zero attached hydrogens (tertiary/aromatic N) is 2. The number of likely N-dealkylation sites (N-methyl/N-ethyl adjacent to an activating group) is 2. The predicted molar refractivity (Wildman–Crippen MR) is 86.4 cm³/mol. The van der Waals surface area contributed by atoms with E-state index in [1.807, 2.05) is 18.2 Å². The molecular formula is C16H28N4. The summed E-state index contributed by atoms with van der Waals surface area (Å²) in [7, 11) is 4.17. The number of hydrogen-bond donors (Lipinski definition) is 2. The Balaban J connectivity index is 2.81. The second-order valence-corrected chi connectivity index (χ2v) is 5.62. The Morgan fingerprint density at radius 1 is 1.20 bits per heavy atom. The second kappa shape index (κ2) is 8.02. The van der Waals surface area contributed by atoms with Crippen LogP contribution in [0.2, 0.25) is 0 Å². The molecule has 112 valence electrons. The van der Waals surface area contributed by atoms with Crippen LogP contribution in [-0.4, -0.2) is 55.4 Å². The van der Waals surface area contributed by atoms with E-state index in [0.29, 0.717) is 6.04 Å². The highest BCUT2D eigenvalue weighted by Gasteiger charge is 2.21. The average molecular weight is 276 g/mol. The maximum atomic E-state index is 7.88. The number of hydrogen-bond acceptors (Lipinski definition) is 3. The lowest BCUT2D eigenvalue weighted by Crippen LogP contribution is -2.44. The van der Waals surface area contributed by atoms with Gasteiger partial charge in [0.25, 0.3) is 0 Å². The van der Waals surface area contributed by atoms with E-state index in [2.05, 4.69) is 49.9 Å². The van der Waals surface area contributed by atoms with Crippen molar-refractivity contribution < 1.29 is 0 Å². The molecule has 20 heavy (non-hydrogen) atoms. The third-order valence-corrected chi connectivity index (χ3v) is 3.65. The lowest BCUT2D eigenvalue weighted by atomic mass is 9.97. The van der Waals surface area contributed by atoms with Crippen molar-refractivity contribution >= 4 is 5.84 Å². The number of nitrogens with one attached hydrogen (secondary N) is 1. The van der Waals surface area contributed by atoms with Crippen LogP contribution in [0.25, 0.3) is 0 Å². The Bertz CT molecular complexity index is 402. The van der Waals surface area contributed by atoms with Gasteiger partial charge in [0, 0.05) is 19.1 Å². The van der Waals surface area contributed by atoms with Crippen molar-refractivity contribution in [3.05, 3.63) is 35.9 Å². The quantitative estimate of drug-likeness (QED) is 0.564. The Hall–Kier alpha value is -1.39. The summed E-state index contributed by atoms with van der Waals surface area (Å²) in [4.78, 5) is 4.58. The zero-order valence-corrected chi connectivity index (χ0v) is 13.1. The first-order chi connectivity index (χ1) is 9.45. The maximum absolute atomic E-state index is 7.88. The first-order valence-electron chi connectivity index (χ1n) is 7.23. The lowest BCUT2D eigenvalue weighted by molar-refractivity contribution is 0.180. The van der Waals surface area contributed by atoms with Crippen LogP contribution in [0.15, 0.2) is 30.3 Å². The monoisotopic (exact) mass is 276 g/mol. The maximum Gasteiger partial charge on any atom is 0.0995 e. The number of amidine groups is 1. The molecule has 0 saturated carbocycles. The summed E-state index contributed by atoms with van der Waals surface area (Å²) in [6, 6.07) is 10.6. The molecule has 0 aromatic heterocycles. The number of rotatable bonds is 8. The molecule has 0 fully saturated rings. The minimum atomic E-state index is -0.0271. The van der Waals surface area contributed by atoms with Gasteiger partial charge >= 0.3 is 0 Å². The zero-order valence-electron chi connectivity index (χ0n) is 13.1. The highest BCUT2D eigenvalue weighted by Crippen LogP contribution is 2.18. The van der Waals surface area contributed by atoms with Gasteiger partial charge < -0.3 is 10.6 Å². The standard InChI is InChI=1S/C16H28N4/c1-5-20(13(2)11-19(3)4)12-15(16(17)18)14-9-7-6-8-10-14/h6-10,13,15H,5,11-12H2,1-4H3,(H3,17,18). The molecule has 3 N–H and O–H groups in total. The van der Waals surface area contributed by atoms with Crippen LogP contribution in [0.4, 0.5) is 0 Å². The summed E-state index contributed by atoms with van der Waals surface area (Å²) in [5, 5.41) is 7.88. The molecule has 4 heteroatoms.